The maximum Gasteiger partial charge on any atom is 0.307 e. The Bertz CT molecular complexity index is 1170. The van der Waals surface area contributed by atoms with E-state index in [1.807, 2.05) is 0 Å². The molecule has 0 amide bonds. The molecular formula is C20H15Cl2NO5S. The van der Waals surface area contributed by atoms with Crippen LogP contribution in [0.4, 0.5) is 5.69 Å². The second-order valence-electron chi connectivity index (χ2n) is 6.00. The zero-order valence-electron chi connectivity index (χ0n) is 14.8. The molecule has 9 heteroatoms. The van der Waals surface area contributed by atoms with Crippen molar-refractivity contribution in [3.63, 3.8) is 0 Å². The average molecular weight is 452 g/mol. The Hall–Kier alpha value is -2.74. The SMILES string of the molecule is O=C(O)Cc1cccc(Oc2ccccc2NS(=O)(=O)c2ccc(Cl)cc2Cl)c1. The summed E-state index contributed by atoms with van der Waals surface area (Å²) in [6, 6.07) is 17.1. The van der Waals surface area contributed by atoms with Crippen LogP contribution in [0.15, 0.2) is 71.6 Å². The summed E-state index contributed by atoms with van der Waals surface area (Å²) in [5, 5.41) is 9.24. The quantitative estimate of drug-likeness (QED) is 0.513. The van der Waals surface area contributed by atoms with Gasteiger partial charge in [0.2, 0.25) is 0 Å². The smallest absolute Gasteiger partial charge is 0.307 e. The molecule has 3 aromatic carbocycles. The summed E-state index contributed by atoms with van der Waals surface area (Å²) in [7, 11) is -4.00. The van der Waals surface area contributed by atoms with Crippen molar-refractivity contribution in [1.82, 2.24) is 0 Å². The second-order valence-corrected chi connectivity index (χ2v) is 8.49. The molecular weight excluding hydrogens is 437 g/mol. The van der Waals surface area contributed by atoms with Crippen molar-refractivity contribution in [2.45, 2.75) is 11.3 Å². The van der Waals surface area contributed by atoms with Crippen LogP contribution in [0.1, 0.15) is 5.56 Å². The second kappa shape index (κ2) is 8.73. The molecule has 0 aliphatic rings. The molecule has 0 unspecified atom stereocenters. The molecule has 6 nitrogen and oxygen atoms in total. The number of rotatable bonds is 7. The van der Waals surface area contributed by atoms with Gasteiger partial charge in [-0.3, -0.25) is 9.52 Å². The van der Waals surface area contributed by atoms with E-state index >= 15 is 0 Å². The van der Waals surface area contributed by atoms with Crippen LogP contribution in [0.2, 0.25) is 10.0 Å². The van der Waals surface area contributed by atoms with E-state index in [9.17, 15) is 13.2 Å². The van der Waals surface area contributed by atoms with Crippen LogP contribution in [0.5, 0.6) is 11.5 Å². The summed E-state index contributed by atoms with van der Waals surface area (Å²) in [6.07, 6.45) is -0.152. The highest BCUT2D eigenvalue weighted by atomic mass is 35.5. The fourth-order valence-corrected chi connectivity index (χ4v) is 4.40. The number of halogens is 2. The van der Waals surface area contributed by atoms with Crippen molar-refractivity contribution < 1.29 is 23.1 Å². The number of carbonyl (C=O) groups is 1. The molecule has 0 radical (unpaired) electrons. The first-order valence-electron chi connectivity index (χ1n) is 8.30. The lowest BCUT2D eigenvalue weighted by Gasteiger charge is -2.14. The topological polar surface area (TPSA) is 92.7 Å². The summed E-state index contributed by atoms with van der Waals surface area (Å²) < 4.78 is 33.8. The minimum absolute atomic E-state index is 0.00947. The first-order valence-corrected chi connectivity index (χ1v) is 10.5. The fourth-order valence-electron chi connectivity index (χ4n) is 2.55. The van der Waals surface area contributed by atoms with Crippen LogP contribution < -0.4 is 9.46 Å². The maximum absolute atomic E-state index is 12.8. The van der Waals surface area contributed by atoms with Crippen molar-refractivity contribution in [3.8, 4) is 11.5 Å². The zero-order chi connectivity index (χ0) is 21.0. The van der Waals surface area contributed by atoms with Crippen molar-refractivity contribution in [2.75, 3.05) is 4.72 Å². The Morgan fingerprint density at radius 2 is 1.76 bits per heavy atom. The average Bonchev–Trinajstić information content (AvgIpc) is 2.62. The molecule has 3 rings (SSSR count). The van der Waals surface area contributed by atoms with E-state index in [0.717, 1.165) is 0 Å². The number of sulfonamides is 1. The third kappa shape index (κ3) is 5.41. The summed E-state index contributed by atoms with van der Waals surface area (Å²) in [5.74, 6) is -0.344. The monoisotopic (exact) mass is 451 g/mol. The minimum atomic E-state index is -4.00. The van der Waals surface area contributed by atoms with Crippen LogP contribution in [-0.4, -0.2) is 19.5 Å². The van der Waals surface area contributed by atoms with Crippen molar-refractivity contribution in [3.05, 3.63) is 82.3 Å². The van der Waals surface area contributed by atoms with Gasteiger partial charge in [0.05, 0.1) is 17.1 Å². The summed E-state index contributed by atoms with van der Waals surface area (Å²) in [6.45, 7) is 0. The van der Waals surface area contributed by atoms with Crippen molar-refractivity contribution in [1.29, 1.82) is 0 Å². The maximum atomic E-state index is 12.8. The molecule has 0 bridgehead atoms. The molecule has 2 N–H and O–H groups in total. The molecule has 0 heterocycles. The normalized spacial score (nSPS) is 11.1. The Labute approximate surface area is 177 Å². The summed E-state index contributed by atoms with van der Waals surface area (Å²) >= 11 is 11.9. The predicted molar refractivity (Wildman–Crippen MR) is 112 cm³/mol. The molecule has 0 atom stereocenters. The predicted octanol–water partition coefficient (Wildman–Crippen LogP) is 5.21. The van der Waals surface area contributed by atoms with Gasteiger partial charge >= 0.3 is 5.97 Å². The highest BCUT2D eigenvalue weighted by molar-refractivity contribution is 7.92. The van der Waals surface area contributed by atoms with E-state index < -0.39 is 16.0 Å². The van der Waals surface area contributed by atoms with Gasteiger partial charge < -0.3 is 9.84 Å². The number of carboxylic acids is 1. The lowest BCUT2D eigenvalue weighted by molar-refractivity contribution is -0.136. The van der Waals surface area contributed by atoms with Gasteiger partial charge in [0, 0.05) is 5.02 Å². The Morgan fingerprint density at radius 1 is 1.00 bits per heavy atom. The number of aliphatic carboxylic acids is 1. The van der Waals surface area contributed by atoms with Crippen LogP contribution in [0, 0.1) is 0 Å². The fraction of sp³-hybridized carbons (Fsp3) is 0.0500. The highest BCUT2D eigenvalue weighted by Crippen LogP contribution is 2.33. The molecule has 3 aromatic rings. The van der Waals surface area contributed by atoms with Gasteiger partial charge in [-0.25, -0.2) is 8.42 Å². The Morgan fingerprint density at radius 3 is 2.48 bits per heavy atom. The standard InChI is InChI=1S/C20H15Cl2NO5S/c21-14-8-9-19(16(22)12-14)29(26,27)23-17-6-1-2-7-18(17)28-15-5-3-4-13(10-15)11-20(24)25/h1-10,12,23H,11H2,(H,24,25). The molecule has 0 aliphatic heterocycles. The number of hydrogen-bond acceptors (Lipinski definition) is 4. The summed E-state index contributed by atoms with van der Waals surface area (Å²) in [5.41, 5.74) is 0.753. The summed E-state index contributed by atoms with van der Waals surface area (Å²) in [4.78, 5) is 10.8. The van der Waals surface area contributed by atoms with Crippen LogP contribution in [-0.2, 0) is 21.2 Å². The van der Waals surface area contributed by atoms with E-state index in [-0.39, 0.29) is 27.8 Å². The van der Waals surface area contributed by atoms with E-state index in [4.69, 9.17) is 33.0 Å². The van der Waals surface area contributed by atoms with Gasteiger partial charge in [-0.05, 0) is 48.0 Å². The molecule has 0 aromatic heterocycles. The van der Waals surface area contributed by atoms with Gasteiger partial charge in [-0.2, -0.15) is 0 Å². The van der Waals surface area contributed by atoms with Gasteiger partial charge in [0.25, 0.3) is 10.0 Å². The zero-order valence-corrected chi connectivity index (χ0v) is 17.1. The number of nitrogens with one attached hydrogen (secondary N) is 1. The number of benzene rings is 3. The van der Waals surface area contributed by atoms with Crippen LogP contribution >= 0.6 is 23.2 Å². The van der Waals surface area contributed by atoms with E-state index in [0.29, 0.717) is 16.3 Å². The number of carboxylic acid groups (broad SMARTS) is 1. The minimum Gasteiger partial charge on any atom is -0.481 e. The Balaban J connectivity index is 1.89. The van der Waals surface area contributed by atoms with Crippen LogP contribution in [0.25, 0.3) is 0 Å². The van der Waals surface area contributed by atoms with Crippen molar-refractivity contribution in [2.24, 2.45) is 0 Å². The third-order valence-electron chi connectivity index (χ3n) is 3.80. The van der Waals surface area contributed by atoms with Gasteiger partial charge in [0.15, 0.2) is 5.75 Å². The number of anilines is 1. The number of para-hydroxylation sites is 2. The largest absolute Gasteiger partial charge is 0.481 e. The van der Waals surface area contributed by atoms with Crippen molar-refractivity contribution >= 4 is 44.9 Å². The number of ether oxygens (including phenoxy) is 1. The molecule has 29 heavy (non-hydrogen) atoms. The number of hydrogen-bond donors (Lipinski definition) is 2. The highest BCUT2D eigenvalue weighted by Gasteiger charge is 2.20. The molecule has 150 valence electrons. The first-order chi connectivity index (χ1) is 13.7. The molecule has 0 fully saturated rings. The molecule has 0 aliphatic carbocycles. The molecule has 0 spiro atoms. The lowest BCUT2D eigenvalue weighted by Crippen LogP contribution is -2.14. The Kier molecular flexibility index (Phi) is 6.32. The van der Waals surface area contributed by atoms with E-state index in [1.165, 1.54) is 24.3 Å². The van der Waals surface area contributed by atoms with E-state index in [2.05, 4.69) is 4.72 Å². The molecule has 0 saturated carbocycles. The molecule has 0 saturated heterocycles. The van der Waals surface area contributed by atoms with Crippen LogP contribution in [0.3, 0.4) is 0 Å². The van der Waals surface area contributed by atoms with E-state index in [1.54, 1.807) is 42.5 Å². The lowest BCUT2D eigenvalue weighted by atomic mass is 10.1. The van der Waals surface area contributed by atoms with Gasteiger partial charge in [-0.15, -0.1) is 0 Å². The first kappa shape index (κ1) is 21.0. The third-order valence-corrected chi connectivity index (χ3v) is 5.88. The van der Waals surface area contributed by atoms with Gasteiger partial charge in [0.1, 0.15) is 10.6 Å². The van der Waals surface area contributed by atoms with Gasteiger partial charge in [-0.1, -0.05) is 47.5 Å².